The summed E-state index contributed by atoms with van der Waals surface area (Å²) in [5.74, 6) is 0. The summed E-state index contributed by atoms with van der Waals surface area (Å²) < 4.78 is 0. The van der Waals surface area contributed by atoms with Crippen molar-refractivity contribution >= 4 is 0 Å². The fourth-order valence-corrected chi connectivity index (χ4v) is 2.09. The molecule has 0 aromatic heterocycles. The van der Waals surface area contributed by atoms with E-state index < -0.39 is 0 Å². The van der Waals surface area contributed by atoms with E-state index in [0.717, 1.165) is 24.8 Å². The van der Waals surface area contributed by atoms with Crippen molar-refractivity contribution in [1.82, 2.24) is 0 Å². The fraction of sp³-hybridized carbons (Fsp3) is 0.294. The van der Waals surface area contributed by atoms with E-state index >= 15 is 0 Å². The SMILES string of the molecule is CCc1ccc(CCC(O)c2ccccc2)cc1. The largest absolute Gasteiger partial charge is 0.388 e. The van der Waals surface area contributed by atoms with Crippen LogP contribution in [0.3, 0.4) is 0 Å². The quantitative estimate of drug-likeness (QED) is 0.840. The monoisotopic (exact) mass is 240 g/mol. The molecule has 0 heterocycles. The molecule has 1 N–H and O–H groups in total. The minimum Gasteiger partial charge on any atom is -0.388 e. The van der Waals surface area contributed by atoms with E-state index in [-0.39, 0.29) is 6.10 Å². The first-order valence-electron chi connectivity index (χ1n) is 6.60. The number of aryl methyl sites for hydroxylation is 2. The van der Waals surface area contributed by atoms with Gasteiger partial charge in [-0.05, 0) is 36.0 Å². The zero-order valence-electron chi connectivity index (χ0n) is 10.8. The molecule has 0 aliphatic rings. The van der Waals surface area contributed by atoms with Crippen LogP contribution in [-0.4, -0.2) is 5.11 Å². The van der Waals surface area contributed by atoms with Gasteiger partial charge in [-0.15, -0.1) is 0 Å². The van der Waals surface area contributed by atoms with E-state index in [9.17, 15) is 5.11 Å². The molecule has 94 valence electrons. The van der Waals surface area contributed by atoms with Gasteiger partial charge in [-0.3, -0.25) is 0 Å². The Hall–Kier alpha value is -1.60. The Bertz CT molecular complexity index is 459. The van der Waals surface area contributed by atoms with Crippen LogP contribution >= 0.6 is 0 Å². The highest BCUT2D eigenvalue weighted by Crippen LogP contribution is 2.18. The lowest BCUT2D eigenvalue weighted by Crippen LogP contribution is -1.99. The van der Waals surface area contributed by atoms with Crippen molar-refractivity contribution in [3.05, 3.63) is 71.3 Å². The second kappa shape index (κ2) is 6.36. The molecule has 2 aromatic rings. The highest BCUT2D eigenvalue weighted by Gasteiger charge is 2.06. The first kappa shape index (κ1) is 12.8. The van der Waals surface area contributed by atoms with Crippen LogP contribution in [0.15, 0.2) is 54.6 Å². The zero-order chi connectivity index (χ0) is 12.8. The van der Waals surface area contributed by atoms with Crippen LogP contribution < -0.4 is 0 Å². The zero-order valence-corrected chi connectivity index (χ0v) is 10.8. The van der Waals surface area contributed by atoms with Crippen molar-refractivity contribution in [2.45, 2.75) is 32.3 Å². The molecule has 0 amide bonds. The summed E-state index contributed by atoms with van der Waals surface area (Å²) in [4.78, 5) is 0. The molecule has 0 spiro atoms. The van der Waals surface area contributed by atoms with Gasteiger partial charge in [0.25, 0.3) is 0 Å². The average Bonchev–Trinajstić information content (AvgIpc) is 2.46. The Labute approximate surface area is 109 Å². The second-order valence-corrected chi connectivity index (χ2v) is 4.64. The summed E-state index contributed by atoms with van der Waals surface area (Å²) in [6.07, 6.45) is 2.40. The van der Waals surface area contributed by atoms with Gasteiger partial charge in [-0.1, -0.05) is 61.5 Å². The summed E-state index contributed by atoms with van der Waals surface area (Å²) >= 11 is 0. The van der Waals surface area contributed by atoms with Gasteiger partial charge < -0.3 is 5.11 Å². The number of rotatable bonds is 5. The van der Waals surface area contributed by atoms with Gasteiger partial charge >= 0.3 is 0 Å². The number of hydrogen-bond donors (Lipinski definition) is 1. The molecule has 0 aliphatic heterocycles. The number of aliphatic hydroxyl groups excluding tert-OH is 1. The van der Waals surface area contributed by atoms with E-state index in [1.54, 1.807) is 0 Å². The number of aliphatic hydroxyl groups is 1. The Morgan fingerprint density at radius 3 is 2.11 bits per heavy atom. The van der Waals surface area contributed by atoms with Gasteiger partial charge in [0.1, 0.15) is 0 Å². The van der Waals surface area contributed by atoms with E-state index in [0.29, 0.717) is 0 Å². The van der Waals surface area contributed by atoms with E-state index in [2.05, 4.69) is 31.2 Å². The van der Waals surface area contributed by atoms with Gasteiger partial charge in [-0.2, -0.15) is 0 Å². The van der Waals surface area contributed by atoms with Crippen molar-refractivity contribution in [2.75, 3.05) is 0 Å². The molecule has 0 aliphatic carbocycles. The predicted molar refractivity (Wildman–Crippen MR) is 75.5 cm³/mol. The topological polar surface area (TPSA) is 20.2 Å². The van der Waals surface area contributed by atoms with Gasteiger partial charge in [0.15, 0.2) is 0 Å². The lowest BCUT2D eigenvalue weighted by atomic mass is 10.0. The highest BCUT2D eigenvalue weighted by atomic mass is 16.3. The van der Waals surface area contributed by atoms with Crippen molar-refractivity contribution in [3.8, 4) is 0 Å². The molecule has 1 nitrogen and oxygen atoms in total. The minimum atomic E-state index is -0.364. The Morgan fingerprint density at radius 1 is 0.889 bits per heavy atom. The predicted octanol–water partition coefficient (Wildman–Crippen LogP) is 3.92. The summed E-state index contributed by atoms with van der Waals surface area (Å²) in [6.45, 7) is 2.16. The summed E-state index contributed by atoms with van der Waals surface area (Å²) in [6, 6.07) is 18.5. The third kappa shape index (κ3) is 3.44. The standard InChI is InChI=1S/C17H20O/c1-2-14-8-10-15(11-9-14)12-13-17(18)16-6-4-3-5-7-16/h3-11,17-18H,2,12-13H2,1H3. The van der Waals surface area contributed by atoms with Gasteiger partial charge in [0, 0.05) is 0 Å². The molecular formula is C17H20O. The summed E-state index contributed by atoms with van der Waals surface area (Å²) in [5, 5.41) is 10.1. The molecule has 0 saturated carbocycles. The number of benzene rings is 2. The van der Waals surface area contributed by atoms with Crippen LogP contribution in [0.5, 0.6) is 0 Å². The Balaban J connectivity index is 1.91. The number of hydrogen-bond acceptors (Lipinski definition) is 1. The van der Waals surface area contributed by atoms with Gasteiger partial charge in [-0.25, -0.2) is 0 Å². The molecule has 1 atom stereocenters. The van der Waals surface area contributed by atoms with Crippen LogP contribution in [0.25, 0.3) is 0 Å². The average molecular weight is 240 g/mol. The third-order valence-electron chi connectivity index (χ3n) is 3.32. The first-order chi connectivity index (χ1) is 8.79. The molecule has 18 heavy (non-hydrogen) atoms. The van der Waals surface area contributed by atoms with Crippen molar-refractivity contribution in [1.29, 1.82) is 0 Å². The minimum absolute atomic E-state index is 0.364. The molecule has 2 aromatic carbocycles. The van der Waals surface area contributed by atoms with Gasteiger partial charge in [0.2, 0.25) is 0 Å². The third-order valence-corrected chi connectivity index (χ3v) is 3.32. The lowest BCUT2D eigenvalue weighted by molar-refractivity contribution is 0.168. The van der Waals surface area contributed by atoms with Crippen LogP contribution in [0.4, 0.5) is 0 Å². The smallest absolute Gasteiger partial charge is 0.0793 e. The molecule has 1 heteroatoms. The van der Waals surface area contributed by atoms with E-state index in [1.165, 1.54) is 11.1 Å². The van der Waals surface area contributed by atoms with Crippen molar-refractivity contribution in [3.63, 3.8) is 0 Å². The van der Waals surface area contributed by atoms with E-state index in [1.807, 2.05) is 30.3 Å². The van der Waals surface area contributed by atoms with Crippen molar-refractivity contribution in [2.24, 2.45) is 0 Å². The molecule has 0 fully saturated rings. The lowest BCUT2D eigenvalue weighted by Gasteiger charge is -2.11. The fourth-order valence-electron chi connectivity index (χ4n) is 2.09. The molecule has 1 unspecified atom stereocenters. The van der Waals surface area contributed by atoms with Crippen LogP contribution in [-0.2, 0) is 12.8 Å². The van der Waals surface area contributed by atoms with Crippen LogP contribution in [0.1, 0.15) is 36.1 Å². The molecule has 0 radical (unpaired) electrons. The highest BCUT2D eigenvalue weighted by molar-refractivity contribution is 5.23. The Kier molecular flexibility index (Phi) is 4.54. The maximum absolute atomic E-state index is 10.1. The second-order valence-electron chi connectivity index (χ2n) is 4.64. The molecule has 2 rings (SSSR count). The van der Waals surface area contributed by atoms with Crippen LogP contribution in [0, 0.1) is 0 Å². The van der Waals surface area contributed by atoms with Crippen molar-refractivity contribution < 1.29 is 5.11 Å². The normalized spacial score (nSPS) is 12.3. The maximum Gasteiger partial charge on any atom is 0.0793 e. The van der Waals surface area contributed by atoms with Gasteiger partial charge in [0.05, 0.1) is 6.10 Å². The Morgan fingerprint density at radius 2 is 1.50 bits per heavy atom. The molecule has 0 saturated heterocycles. The first-order valence-corrected chi connectivity index (χ1v) is 6.60. The summed E-state index contributed by atoms with van der Waals surface area (Å²) in [7, 11) is 0. The molecule has 0 bridgehead atoms. The maximum atomic E-state index is 10.1. The summed E-state index contributed by atoms with van der Waals surface area (Å²) in [5.41, 5.74) is 3.66. The van der Waals surface area contributed by atoms with Crippen LogP contribution in [0.2, 0.25) is 0 Å². The molecular weight excluding hydrogens is 220 g/mol. The van der Waals surface area contributed by atoms with E-state index in [4.69, 9.17) is 0 Å².